The van der Waals surface area contributed by atoms with E-state index in [0.717, 1.165) is 0 Å². The Hall–Kier alpha value is -1.07. The van der Waals surface area contributed by atoms with Crippen LogP contribution in [0.15, 0.2) is 6.20 Å². The van der Waals surface area contributed by atoms with Crippen LogP contribution in [0.3, 0.4) is 0 Å². The highest BCUT2D eigenvalue weighted by Crippen LogP contribution is 2.18. The average Bonchev–Trinajstić information content (AvgIpc) is 2.26. The van der Waals surface area contributed by atoms with Crippen LogP contribution in [0.4, 0.5) is 11.8 Å². The minimum absolute atomic E-state index is 0.505. The molecule has 0 atom stereocenters. The summed E-state index contributed by atoms with van der Waals surface area (Å²) in [6.07, 6.45) is 1.56. The molecule has 0 saturated carbocycles. The lowest BCUT2D eigenvalue weighted by Gasteiger charge is -2.08. The lowest BCUT2D eigenvalue weighted by Crippen LogP contribution is -2.11. The smallest absolute Gasteiger partial charge is 0.224 e. The maximum Gasteiger partial charge on any atom is 0.224 e. The summed E-state index contributed by atoms with van der Waals surface area (Å²) in [6.45, 7) is 3.97. The zero-order valence-corrected chi connectivity index (χ0v) is 9.64. The van der Waals surface area contributed by atoms with Crippen LogP contribution in [0.25, 0.3) is 0 Å². The van der Waals surface area contributed by atoms with Crippen molar-refractivity contribution in [2.24, 2.45) is 0 Å². The maximum atomic E-state index is 5.91. The van der Waals surface area contributed by atoms with E-state index < -0.39 is 0 Å². The highest BCUT2D eigenvalue weighted by molar-refractivity contribution is 6.32. The molecule has 0 fully saturated rings. The first-order chi connectivity index (χ1) is 7.27. The number of ether oxygens (including phenoxy) is 1. The van der Waals surface area contributed by atoms with E-state index in [4.69, 9.17) is 16.3 Å². The normalized spacial score (nSPS) is 10.1. The minimum Gasteiger partial charge on any atom is -0.380 e. The molecule has 1 rings (SSSR count). The predicted octanol–water partition coefficient (Wildman–Crippen LogP) is 1.62. The predicted molar refractivity (Wildman–Crippen MR) is 61.6 cm³/mol. The highest BCUT2D eigenvalue weighted by Gasteiger charge is 2.03. The van der Waals surface area contributed by atoms with Crippen molar-refractivity contribution in [2.45, 2.75) is 6.92 Å². The third kappa shape index (κ3) is 3.89. The quantitative estimate of drug-likeness (QED) is 0.728. The third-order valence-electron chi connectivity index (χ3n) is 1.71. The van der Waals surface area contributed by atoms with Gasteiger partial charge in [-0.25, -0.2) is 4.98 Å². The monoisotopic (exact) mass is 230 g/mol. The van der Waals surface area contributed by atoms with Gasteiger partial charge in [-0.15, -0.1) is 0 Å². The van der Waals surface area contributed by atoms with E-state index in [-0.39, 0.29) is 0 Å². The van der Waals surface area contributed by atoms with E-state index in [2.05, 4.69) is 20.6 Å². The standard InChI is InChI=1S/C9H15ClN4O/c1-3-15-5-4-12-8-7(10)6-13-9(11-2)14-8/h6H,3-5H2,1-2H3,(H2,11,12,13,14). The van der Waals surface area contributed by atoms with Gasteiger partial charge in [0.2, 0.25) is 5.95 Å². The second-order valence-electron chi connectivity index (χ2n) is 2.76. The number of hydrogen-bond acceptors (Lipinski definition) is 5. The topological polar surface area (TPSA) is 59.1 Å². The van der Waals surface area contributed by atoms with Gasteiger partial charge < -0.3 is 15.4 Å². The Morgan fingerprint density at radius 1 is 1.53 bits per heavy atom. The van der Waals surface area contributed by atoms with Gasteiger partial charge in [0.1, 0.15) is 5.02 Å². The van der Waals surface area contributed by atoms with Crippen molar-refractivity contribution in [2.75, 3.05) is 37.4 Å². The van der Waals surface area contributed by atoms with Crippen molar-refractivity contribution >= 4 is 23.4 Å². The molecule has 0 aliphatic rings. The Balaban J connectivity index is 2.51. The number of nitrogens with zero attached hydrogens (tertiary/aromatic N) is 2. The molecule has 0 unspecified atom stereocenters. The highest BCUT2D eigenvalue weighted by atomic mass is 35.5. The van der Waals surface area contributed by atoms with Gasteiger partial charge in [0.15, 0.2) is 5.82 Å². The maximum absolute atomic E-state index is 5.91. The summed E-state index contributed by atoms with van der Waals surface area (Å²) in [4.78, 5) is 8.14. The van der Waals surface area contributed by atoms with E-state index in [9.17, 15) is 0 Å². The summed E-state index contributed by atoms with van der Waals surface area (Å²) < 4.78 is 5.19. The first-order valence-corrected chi connectivity index (χ1v) is 5.17. The van der Waals surface area contributed by atoms with Crippen LogP contribution >= 0.6 is 11.6 Å². The Bertz CT molecular complexity index is 308. The van der Waals surface area contributed by atoms with Crippen LogP contribution in [0.5, 0.6) is 0 Å². The summed E-state index contributed by atoms with van der Waals surface area (Å²) in [5.41, 5.74) is 0. The van der Waals surface area contributed by atoms with Gasteiger partial charge in [0, 0.05) is 20.2 Å². The van der Waals surface area contributed by atoms with Gasteiger partial charge >= 0.3 is 0 Å². The van der Waals surface area contributed by atoms with E-state index in [1.165, 1.54) is 0 Å². The molecule has 6 heteroatoms. The summed E-state index contributed by atoms with van der Waals surface area (Å²) in [5.74, 6) is 1.16. The molecule has 1 aromatic rings. The van der Waals surface area contributed by atoms with Crippen LogP contribution in [0, 0.1) is 0 Å². The van der Waals surface area contributed by atoms with Gasteiger partial charge in [-0.1, -0.05) is 11.6 Å². The van der Waals surface area contributed by atoms with Crippen molar-refractivity contribution in [3.8, 4) is 0 Å². The van der Waals surface area contributed by atoms with E-state index in [1.807, 2.05) is 6.92 Å². The van der Waals surface area contributed by atoms with Crippen LogP contribution in [0.1, 0.15) is 6.92 Å². The van der Waals surface area contributed by atoms with Crippen molar-refractivity contribution in [3.05, 3.63) is 11.2 Å². The minimum atomic E-state index is 0.505. The van der Waals surface area contributed by atoms with Crippen molar-refractivity contribution < 1.29 is 4.74 Å². The Kier molecular flexibility index (Phi) is 5.14. The van der Waals surface area contributed by atoms with Crippen molar-refractivity contribution in [3.63, 3.8) is 0 Å². The van der Waals surface area contributed by atoms with Crippen LogP contribution in [-0.4, -0.2) is 36.8 Å². The fraction of sp³-hybridized carbons (Fsp3) is 0.556. The molecule has 0 aliphatic carbocycles. The molecule has 0 spiro atoms. The van der Waals surface area contributed by atoms with Gasteiger partial charge in [0.25, 0.3) is 0 Å². The number of nitrogens with one attached hydrogen (secondary N) is 2. The molecule has 1 heterocycles. The molecule has 0 radical (unpaired) electrons. The molecule has 84 valence electrons. The zero-order chi connectivity index (χ0) is 11.1. The first-order valence-electron chi connectivity index (χ1n) is 4.79. The Morgan fingerprint density at radius 2 is 2.33 bits per heavy atom. The number of aromatic nitrogens is 2. The average molecular weight is 231 g/mol. The van der Waals surface area contributed by atoms with Crippen LogP contribution in [-0.2, 0) is 4.74 Å². The first kappa shape index (κ1) is 12.0. The fourth-order valence-electron chi connectivity index (χ4n) is 0.997. The number of rotatable bonds is 6. The van der Waals surface area contributed by atoms with E-state index in [1.54, 1.807) is 13.2 Å². The lowest BCUT2D eigenvalue weighted by atomic mass is 10.5. The summed E-state index contributed by atoms with van der Waals surface area (Å²) in [5, 5.41) is 6.42. The van der Waals surface area contributed by atoms with Gasteiger partial charge in [-0.05, 0) is 6.92 Å². The third-order valence-corrected chi connectivity index (χ3v) is 1.99. The van der Waals surface area contributed by atoms with Gasteiger partial charge in [-0.2, -0.15) is 4.98 Å². The van der Waals surface area contributed by atoms with Gasteiger partial charge in [0.05, 0.1) is 12.8 Å². The molecule has 5 nitrogen and oxygen atoms in total. The number of halogens is 1. The lowest BCUT2D eigenvalue weighted by molar-refractivity contribution is 0.158. The zero-order valence-electron chi connectivity index (χ0n) is 8.88. The summed E-state index contributed by atoms with van der Waals surface area (Å²) >= 11 is 5.91. The van der Waals surface area contributed by atoms with Crippen molar-refractivity contribution in [1.29, 1.82) is 0 Å². The Labute approximate surface area is 94.2 Å². The fourth-order valence-corrected chi connectivity index (χ4v) is 1.16. The van der Waals surface area contributed by atoms with Gasteiger partial charge in [-0.3, -0.25) is 0 Å². The molecular formula is C9H15ClN4O. The molecule has 0 aromatic carbocycles. The van der Waals surface area contributed by atoms with Crippen LogP contribution in [0.2, 0.25) is 5.02 Å². The number of hydrogen-bond donors (Lipinski definition) is 2. The van der Waals surface area contributed by atoms with Crippen LogP contribution < -0.4 is 10.6 Å². The van der Waals surface area contributed by atoms with E-state index >= 15 is 0 Å². The molecule has 0 amide bonds. The largest absolute Gasteiger partial charge is 0.380 e. The Morgan fingerprint density at radius 3 is 3.00 bits per heavy atom. The number of anilines is 2. The summed E-state index contributed by atoms with van der Waals surface area (Å²) in [6, 6.07) is 0. The van der Waals surface area contributed by atoms with Crippen molar-refractivity contribution in [1.82, 2.24) is 9.97 Å². The SMILES string of the molecule is CCOCCNc1nc(NC)ncc1Cl. The molecule has 15 heavy (non-hydrogen) atoms. The molecule has 2 N–H and O–H groups in total. The second-order valence-corrected chi connectivity index (χ2v) is 3.17. The molecule has 0 aliphatic heterocycles. The second kappa shape index (κ2) is 6.42. The van der Waals surface area contributed by atoms with E-state index in [0.29, 0.717) is 36.5 Å². The molecular weight excluding hydrogens is 216 g/mol. The molecule has 0 saturated heterocycles. The molecule has 1 aromatic heterocycles. The summed E-state index contributed by atoms with van der Waals surface area (Å²) in [7, 11) is 1.76. The molecule has 0 bridgehead atoms.